The fourth-order valence-electron chi connectivity index (χ4n) is 3.20. The van der Waals surface area contributed by atoms with E-state index >= 15 is 0 Å². The molecule has 0 fully saturated rings. The van der Waals surface area contributed by atoms with E-state index in [4.69, 9.17) is 4.42 Å². The van der Waals surface area contributed by atoms with Gasteiger partial charge in [-0.15, -0.1) is 10.2 Å². The first-order valence-electron chi connectivity index (χ1n) is 9.83. The minimum atomic E-state index is -0.134. The van der Waals surface area contributed by atoms with E-state index < -0.39 is 0 Å². The van der Waals surface area contributed by atoms with Crippen LogP contribution in [0.5, 0.6) is 0 Å². The minimum absolute atomic E-state index is 0.0705. The van der Waals surface area contributed by atoms with E-state index in [0.29, 0.717) is 41.1 Å². The van der Waals surface area contributed by atoms with Crippen molar-refractivity contribution in [3.05, 3.63) is 58.8 Å². The van der Waals surface area contributed by atoms with Crippen LogP contribution in [0.2, 0.25) is 0 Å². The molecule has 3 aromatic heterocycles. The van der Waals surface area contributed by atoms with Crippen molar-refractivity contribution in [2.75, 3.05) is 5.75 Å². The SMILES string of the molecule is CC(C)CCn1c(=O)c2ccccc2n2c(SCC(=O)NCc3ccco3)nnc12. The summed E-state index contributed by atoms with van der Waals surface area (Å²) in [5.41, 5.74) is 0.667. The Morgan fingerprint density at radius 3 is 2.80 bits per heavy atom. The molecule has 1 aromatic carbocycles. The van der Waals surface area contributed by atoms with Crippen LogP contribution in [0.1, 0.15) is 26.0 Å². The van der Waals surface area contributed by atoms with Crippen LogP contribution in [0, 0.1) is 5.92 Å². The lowest BCUT2D eigenvalue weighted by molar-refractivity contribution is -0.118. The molecule has 0 atom stereocenters. The molecule has 0 saturated heterocycles. The topological polar surface area (TPSA) is 94.4 Å². The van der Waals surface area contributed by atoms with Crippen molar-refractivity contribution in [1.82, 2.24) is 24.5 Å². The summed E-state index contributed by atoms with van der Waals surface area (Å²) in [6, 6.07) is 11.0. The van der Waals surface area contributed by atoms with Crippen molar-refractivity contribution in [2.24, 2.45) is 5.92 Å². The predicted molar refractivity (Wildman–Crippen MR) is 115 cm³/mol. The molecule has 0 aliphatic carbocycles. The number of nitrogens with zero attached hydrogens (tertiary/aromatic N) is 4. The first-order chi connectivity index (χ1) is 14.5. The Morgan fingerprint density at radius 2 is 2.03 bits per heavy atom. The third-order valence-corrected chi connectivity index (χ3v) is 5.71. The highest BCUT2D eigenvalue weighted by Crippen LogP contribution is 2.22. The maximum atomic E-state index is 13.0. The Balaban J connectivity index is 1.62. The number of aromatic nitrogens is 4. The van der Waals surface area contributed by atoms with E-state index in [1.807, 2.05) is 34.7 Å². The number of aryl methyl sites for hydroxylation is 1. The maximum Gasteiger partial charge on any atom is 0.262 e. The van der Waals surface area contributed by atoms with Crippen molar-refractivity contribution in [3.8, 4) is 0 Å². The second kappa shape index (κ2) is 8.74. The third kappa shape index (κ3) is 4.11. The summed E-state index contributed by atoms with van der Waals surface area (Å²) in [7, 11) is 0. The molecule has 0 aliphatic rings. The van der Waals surface area contributed by atoms with Crippen LogP contribution in [0.25, 0.3) is 16.7 Å². The molecule has 9 heteroatoms. The molecular weight excluding hydrogens is 402 g/mol. The van der Waals surface area contributed by atoms with Gasteiger partial charge < -0.3 is 9.73 Å². The van der Waals surface area contributed by atoms with E-state index in [9.17, 15) is 9.59 Å². The van der Waals surface area contributed by atoms with Crippen molar-refractivity contribution in [1.29, 1.82) is 0 Å². The average Bonchev–Trinajstić information content (AvgIpc) is 3.40. The van der Waals surface area contributed by atoms with Gasteiger partial charge >= 0.3 is 0 Å². The molecule has 0 unspecified atom stereocenters. The second-order valence-corrected chi connectivity index (χ2v) is 8.36. The zero-order valence-electron chi connectivity index (χ0n) is 16.9. The van der Waals surface area contributed by atoms with Gasteiger partial charge in [-0.25, -0.2) is 0 Å². The molecule has 4 rings (SSSR count). The standard InChI is InChI=1S/C21H23N5O3S/c1-14(2)9-10-25-19(28)16-7-3-4-8-17(16)26-20(25)23-24-21(26)30-13-18(27)22-12-15-6-5-11-29-15/h3-8,11,14H,9-10,12-13H2,1-2H3,(H,22,27). The molecule has 156 valence electrons. The number of carbonyl (C=O) groups is 1. The highest BCUT2D eigenvalue weighted by molar-refractivity contribution is 7.99. The van der Waals surface area contributed by atoms with Gasteiger partial charge in [-0.3, -0.25) is 18.6 Å². The lowest BCUT2D eigenvalue weighted by Crippen LogP contribution is -2.25. The van der Waals surface area contributed by atoms with Crippen LogP contribution >= 0.6 is 11.8 Å². The molecule has 1 N–H and O–H groups in total. The number of nitrogens with one attached hydrogen (secondary N) is 1. The zero-order chi connectivity index (χ0) is 21.1. The van der Waals surface area contributed by atoms with Gasteiger partial charge in [0, 0.05) is 6.54 Å². The Kier molecular flexibility index (Phi) is 5.89. The molecule has 0 aliphatic heterocycles. The van der Waals surface area contributed by atoms with Gasteiger partial charge in [0.2, 0.25) is 11.7 Å². The molecular formula is C21H23N5O3S. The van der Waals surface area contributed by atoms with E-state index in [-0.39, 0.29) is 17.2 Å². The molecule has 0 bridgehead atoms. The number of amides is 1. The van der Waals surface area contributed by atoms with E-state index in [2.05, 4.69) is 29.4 Å². The zero-order valence-corrected chi connectivity index (χ0v) is 17.7. The van der Waals surface area contributed by atoms with Gasteiger partial charge in [0.05, 0.1) is 29.5 Å². The highest BCUT2D eigenvalue weighted by Gasteiger charge is 2.17. The van der Waals surface area contributed by atoms with Gasteiger partial charge in [0.15, 0.2) is 5.16 Å². The third-order valence-electron chi connectivity index (χ3n) is 4.78. The predicted octanol–water partition coefficient (Wildman–Crippen LogP) is 3.09. The number of para-hydroxylation sites is 1. The van der Waals surface area contributed by atoms with Crippen LogP contribution in [-0.2, 0) is 17.9 Å². The summed E-state index contributed by atoms with van der Waals surface area (Å²) in [5, 5.41) is 12.6. The van der Waals surface area contributed by atoms with E-state index in [1.54, 1.807) is 16.9 Å². The van der Waals surface area contributed by atoms with E-state index in [1.165, 1.54) is 11.8 Å². The van der Waals surface area contributed by atoms with Crippen molar-refractivity contribution >= 4 is 34.3 Å². The first kappa shape index (κ1) is 20.2. The van der Waals surface area contributed by atoms with Crippen LogP contribution in [0.15, 0.2) is 57.0 Å². The van der Waals surface area contributed by atoms with Crippen LogP contribution in [0.4, 0.5) is 0 Å². The fourth-order valence-corrected chi connectivity index (χ4v) is 3.97. The average molecular weight is 426 g/mol. The van der Waals surface area contributed by atoms with Gasteiger partial charge in [0.1, 0.15) is 5.76 Å². The first-order valence-corrected chi connectivity index (χ1v) is 10.8. The molecule has 8 nitrogen and oxygen atoms in total. The number of rotatable bonds is 8. The Bertz CT molecular complexity index is 1230. The largest absolute Gasteiger partial charge is 0.467 e. The molecule has 0 radical (unpaired) electrons. The second-order valence-electron chi connectivity index (χ2n) is 7.42. The number of carbonyl (C=O) groups excluding carboxylic acids is 1. The number of hydrogen-bond donors (Lipinski definition) is 1. The Hall–Kier alpha value is -3.07. The summed E-state index contributed by atoms with van der Waals surface area (Å²) < 4.78 is 8.76. The van der Waals surface area contributed by atoms with Crippen LogP contribution < -0.4 is 10.9 Å². The van der Waals surface area contributed by atoms with Gasteiger partial charge in [-0.1, -0.05) is 37.7 Å². The highest BCUT2D eigenvalue weighted by atomic mass is 32.2. The molecule has 30 heavy (non-hydrogen) atoms. The molecule has 0 saturated carbocycles. The Morgan fingerprint density at radius 1 is 1.20 bits per heavy atom. The number of furan rings is 1. The smallest absolute Gasteiger partial charge is 0.262 e. The quantitative estimate of drug-likeness (QED) is 0.436. The van der Waals surface area contributed by atoms with Gasteiger partial charge in [-0.05, 0) is 36.6 Å². The molecule has 1 amide bonds. The van der Waals surface area contributed by atoms with Gasteiger partial charge in [-0.2, -0.15) is 0 Å². The number of thioether (sulfide) groups is 1. The lowest BCUT2D eigenvalue weighted by Gasteiger charge is -2.12. The molecule has 3 heterocycles. The summed E-state index contributed by atoms with van der Waals surface area (Å²) in [5.74, 6) is 1.70. The van der Waals surface area contributed by atoms with Crippen molar-refractivity contribution in [3.63, 3.8) is 0 Å². The monoisotopic (exact) mass is 425 g/mol. The van der Waals surface area contributed by atoms with Crippen LogP contribution in [0.3, 0.4) is 0 Å². The minimum Gasteiger partial charge on any atom is -0.467 e. The fraction of sp³-hybridized carbons (Fsp3) is 0.333. The summed E-state index contributed by atoms with van der Waals surface area (Å²) >= 11 is 1.29. The summed E-state index contributed by atoms with van der Waals surface area (Å²) in [4.78, 5) is 25.3. The Labute approximate surface area is 177 Å². The van der Waals surface area contributed by atoms with Crippen LogP contribution in [-0.4, -0.2) is 30.8 Å². The van der Waals surface area contributed by atoms with Crippen molar-refractivity contribution < 1.29 is 9.21 Å². The van der Waals surface area contributed by atoms with E-state index in [0.717, 1.165) is 11.9 Å². The normalized spacial score (nSPS) is 11.6. The lowest BCUT2D eigenvalue weighted by atomic mass is 10.1. The number of fused-ring (bicyclic) bond motifs is 3. The number of hydrogen-bond acceptors (Lipinski definition) is 6. The number of benzene rings is 1. The molecule has 0 spiro atoms. The summed E-state index contributed by atoms with van der Waals surface area (Å²) in [6.07, 6.45) is 2.43. The van der Waals surface area contributed by atoms with Gasteiger partial charge in [0.25, 0.3) is 5.56 Å². The maximum absolute atomic E-state index is 13.0. The summed E-state index contributed by atoms with van der Waals surface area (Å²) in [6.45, 7) is 5.15. The molecule has 4 aromatic rings. The van der Waals surface area contributed by atoms with Crippen molar-refractivity contribution in [2.45, 2.75) is 38.5 Å².